The van der Waals surface area contributed by atoms with Crippen LogP contribution >= 0.6 is 0 Å². The second kappa shape index (κ2) is 8.38. The standard InChI is InChI=1S/C23H27N3O2/c1-5-16(4)26-21(24-22(25-26)15(2)3)14-17-11-12-19(20(13-17)23(27)28)18-9-7-6-8-10-18/h6-13,15-16H,5,14H2,1-4H3,(H,27,28). The van der Waals surface area contributed by atoms with Crippen LogP contribution in [0.2, 0.25) is 0 Å². The first kappa shape index (κ1) is 19.8. The molecule has 2 aromatic carbocycles. The second-order valence-electron chi connectivity index (χ2n) is 7.47. The van der Waals surface area contributed by atoms with E-state index in [1.807, 2.05) is 47.1 Å². The van der Waals surface area contributed by atoms with Crippen LogP contribution in [-0.4, -0.2) is 25.8 Å². The molecule has 0 aliphatic carbocycles. The molecule has 0 fully saturated rings. The van der Waals surface area contributed by atoms with Crippen molar-refractivity contribution in [2.24, 2.45) is 0 Å². The Hall–Kier alpha value is -2.95. The zero-order chi connectivity index (χ0) is 20.3. The van der Waals surface area contributed by atoms with Gasteiger partial charge in [-0.2, -0.15) is 5.10 Å². The van der Waals surface area contributed by atoms with Crippen LogP contribution in [0.1, 0.15) is 73.6 Å². The predicted octanol–water partition coefficient (Wildman–Crippen LogP) is 5.33. The average Bonchev–Trinajstić information content (AvgIpc) is 3.12. The zero-order valence-corrected chi connectivity index (χ0v) is 16.9. The van der Waals surface area contributed by atoms with Crippen LogP contribution in [0, 0.1) is 0 Å². The van der Waals surface area contributed by atoms with Crippen LogP contribution in [0.25, 0.3) is 11.1 Å². The molecule has 28 heavy (non-hydrogen) atoms. The first-order valence-corrected chi connectivity index (χ1v) is 9.77. The van der Waals surface area contributed by atoms with Gasteiger partial charge in [-0.05, 0) is 36.1 Å². The van der Waals surface area contributed by atoms with Crippen molar-refractivity contribution >= 4 is 5.97 Å². The molecule has 0 spiro atoms. The third-order valence-electron chi connectivity index (χ3n) is 5.00. The van der Waals surface area contributed by atoms with Gasteiger partial charge in [0.05, 0.1) is 11.6 Å². The summed E-state index contributed by atoms with van der Waals surface area (Å²) < 4.78 is 1.99. The lowest BCUT2D eigenvalue weighted by Gasteiger charge is -2.13. The second-order valence-corrected chi connectivity index (χ2v) is 7.47. The fraction of sp³-hybridized carbons (Fsp3) is 0.348. The van der Waals surface area contributed by atoms with Crippen molar-refractivity contribution < 1.29 is 9.90 Å². The van der Waals surface area contributed by atoms with E-state index in [2.05, 4.69) is 32.8 Å². The average molecular weight is 377 g/mol. The number of aromatic carboxylic acids is 1. The molecular weight excluding hydrogens is 350 g/mol. The lowest BCUT2D eigenvalue weighted by molar-refractivity contribution is 0.0697. The Labute approximate surface area is 166 Å². The van der Waals surface area contributed by atoms with E-state index in [9.17, 15) is 9.90 Å². The van der Waals surface area contributed by atoms with E-state index in [0.717, 1.165) is 34.8 Å². The lowest BCUT2D eigenvalue weighted by Crippen LogP contribution is -2.11. The largest absolute Gasteiger partial charge is 0.478 e. The summed E-state index contributed by atoms with van der Waals surface area (Å²) in [5, 5.41) is 14.4. The van der Waals surface area contributed by atoms with Gasteiger partial charge in [-0.3, -0.25) is 0 Å². The van der Waals surface area contributed by atoms with Gasteiger partial charge in [0, 0.05) is 12.3 Å². The van der Waals surface area contributed by atoms with Gasteiger partial charge in [-0.25, -0.2) is 14.5 Å². The smallest absolute Gasteiger partial charge is 0.336 e. The molecule has 0 radical (unpaired) electrons. The predicted molar refractivity (Wildman–Crippen MR) is 111 cm³/mol. The monoisotopic (exact) mass is 377 g/mol. The molecule has 1 heterocycles. The summed E-state index contributed by atoms with van der Waals surface area (Å²) in [6, 6.07) is 15.5. The fourth-order valence-electron chi connectivity index (χ4n) is 3.20. The van der Waals surface area contributed by atoms with E-state index < -0.39 is 5.97 Å². The highest BCUT2D eigenvalue weighted by Crippen LogP contribution is 2.26. The maximum Gasteiger partial charge on any atom is 0.336 e. The number of carbonyl (C=O) groups is 1. The van der Waals surface area contributed by atoms with Crippen molar-refractivity contribution in [1.82, 2.24) is 14.8 Å². The normalized spacial score (nSPS) is 12.3. The van der Waals surface area contributed by atoms with E-state index >= 15 is 0 Å². The Morgan fingerprint density at radius 1 is 1.11 bits per heavy atom. The number of aromatic nitrogens is 3. The number of benzene rings is 2. The minimum Gasteiger partial charge on any atom is -0.478 e. The first-order valence-electron chi connectivity index (χ1n) is 9.77. The SMILES string of the molecule is CCC(C)n1nc(C(C)C)nc1Cc1ccc(-c2ccccc2)c(C(=O)O)c1. The number of carboxylic acid groups (broad SMARTS) is 1. The molecule has 1 atom stereocenters. The molecule has 3 rings (SSSR count). The minimum absolute atomic E-state index is 0.248. The van der Waals surface area contributed by atoms with Gasteiger partial charge < -0.3 is 5.11 Å². The molecule has 1 aromatic heterocycles. The zero-order valence-electron chi connectivity index (χ0n) is 16.9. The van der Waals surface area contributed by atoms with Crippen LogP contribution in [0.15, 0.2) is 48.5 Å². The summed E-state index contributed by atoms with van der Waals surface area (Å²) in [5.41, 5.74) is 2.85. The molecular formula is C23H27N3O2. The highest BCUT2D eigenvalue weighted by molar-refractivity contribution is 5.96. The van der Waals surface area contributed by atoms with Crippen LogP contribution in [0.5, 0.6) is 0 Å². The highest BCUT2D eigenvalue weighted by Gasteiger charge is 2.18. The van der Waals surface area contributed by atoms with E-state index in [0.29, 0.717) is 12.0 Å². The van der Waals surface area contributed by atoms with Crippen molar-refractivity contribution in [2.75, 3.05) is 0 Å². The molecule has 0 bridgehead atoms. The molecule has 0 saturated carbocycles. The summed E-state index contributed by atoms with van der Waals surface area (Å²) in [4.78, 5) is 16.6. The van der Waals surface area contributed by atoms with Crippen LogP contribution in [0.4, 0.5) is 0 Å². The Bertz CT molecular complexity index is 961. The van der Waals surface area contributed by atoms with Crippen LogP contribution < -0.4 is 0 Å². The van der Waals surface area contributed by atoms with Crippen molar-refractivity contribution in [3.63, 3.8) is 0 Å². The number of carboxylic acids is 1. The topological polar surface area (TPSA) is 68.0 Å². The Balaban J connectivity index is 2.00. The molecule has 5 nitrogen and oxygen atoms in total. The van der Waals surface area contributed by atoms with E-state index in [1.54, 1.807) is 6.07 Å². The minimum atomic E-state index is -0.924. The van der Waals surface area contributed by atoms with Crippen molar-refractivity contribution in [3.05, 3.63) is 71.3 Å². The molecule has 146 valence electrons. The summed E-state index contributed by atoms with van der Waals surface area (Å²) in [6.45, 7) is 8.42. The number of rotatable bonds is 7. The first-order chi connectivity index (χ1) is 13.4. The maximum atomic E-state index is 11.9. The third kappa shape index (κ3) is 4.14. The molecule has 3 aromatic rings. The van der Waals surface area contributed by atoms with Crippen LogP contribution in [0.3, 0.4) is 0 Å². The van der Waals surface area contributed by atoms with Gasteiger partial charge in [-0.1, -0.05) is 63.2 Å². The Morgan fingerprint density at radius 3 is 2.43 bits per heavy atom. The summed E-state index contributed by atoms with van der Waals surface area (Å²) in [7, 11) is 0. The lowest BCUT2D eigenvalue weighted by atomic mass is 9.96. The molecule has 5 heteroatoms. The molecule has 0 aliphatic rings. The maximum absolute atomic E-state index is 11.9. The fourth-order valence-corrected chi connectivity index (χ4v) is 3.20. The Morgan fingerprint density at radius 2 is 1.82 bits per heavy atom. The van der Waals surface area contributed by atoms with Gasteiger partial charge in [0.25, 0.3) is 0 Å². The van der Waals surface area contributed by atoms with E-state index in [1.165, 1.54) is 0 Å². The van der Waals surface area contributed by atoms with Gasteiger partial charge in [0.2, 0.25) is 0 Å². The van der Waals surface area contributed by atoms with Crippen molar-refractivity contribution in [2.45, 2.75) is 52.5 Å². The van der Waals surface area contributed by atoms with Gasteiger partial charge in [0.1, 0.15) is 5.82 Å². The molecule has 1 N–H and O–H groups in total. The molecule has 0 saturated heterocycles. The molecule has 0 aliphatic heterocycles. The van der Waals surface area contributed by atoms with Crippen LogP contribution in [-0.2, 0) is 6.42 Å². The third-order valence-corrected chi connectivity index (χ3v) is 5.00. The Kier molecular flexibility index (Phi) is 5.93. The van der Waals surface area contributed by atoms with Gasteiger partial charge in [-0.15, -0.1) is 0 Å². The van der Waals surface area contributed by atoms with E-state index in [-0.39, 0.29) is 12.0 Å². The molecule has 1 unspecified atom stereocenters. The summed E-state index contributed by atoms with van der Waals surface area (Å²) in [6.07, 6.45) is 1.51. The number of nitrogens with zero attached hydrogens (tertiary/aromatic N) is 3. The van der Waals surface area contributed by atoms with Gasteiger partial charge in [0.15, 0.2) is 5.82 Å². The quantitative estimate of drug-likeness (QED) is 0.604. The van der Waals surface area contributed by atoms with E-state index in [4.69, 9.17) is 4.98 Å². The van der Waals surface area contributed by atoms with Crippen molar-refractivity contribution in [3.8, 4) is 11.1 Å². The highest BCUT2D eigenvalue weighted by atomic mass is 16.4. The summed E-state index contributed by atoms with van der Waals surface area (Å²) in [5.74, 6) is 1.03. The number of hydrogen-bond acceptors (Lipinski definition) is 3. The summed E-state index contributed by atoms with van der Waals surface area (Å²) >= 11 is 0. The van der Waals surface area contributed by atoms with Crippen molar-refractivity contribution in [1.29, 1.82) is 0 Å². The molecule has 0 amide bonds. The number of hydrogen-bond donors (Lipinski definition) is 1. The van der Waals surface area contributed by atoms with Gasteiger partial charge >= 0.3 is 5.97 Å².